The van der Waals surface area contributed by atoms with Crippen LogP contribution in [-0.4, -0.2) is 22.6 Å². The highest BCUT2D eigenvalue weighted by Gasteiger charge is 2.26. The highest BCUT2D eigenvalue weighted by Crippen LogP contribution is 2.48. The van der Waals surface area contributed by atoms with Gasteiger partial charge in [0.1, 0.15) is 15.6 Å². The highest BCUT2D eigenvalue weighted by atomic mass is 35.5. The second-order valence-electron chi connectivity index (χ2n) is 5.11. The maximum atomic E-state index is 12.2. The lowest BCUT2D eigenvalue weighted by Crippen LogP contribution is -2.04. The predicted molar refractivity (Wildman–Crippen MR) is 88.7 cm³/mol. The fourth-order valence-corrected chi connectivity index (χ4v) is 2.55. The third-order valence-electron chi connectivity index (χ3n) is 3.32. The van der Waals surface area contributed by atoms with Gasteiger partial charge in [-0.25, -0.2) is 0 Å². The Labute approximate surface area is 141 Å². The molecule has 6 heteroatoms. The maximum absolute atomic E-state index is 12.2. The van der Waals surface area contributed by atoms with Crippen LogP contribution in [0.4, 0.5) is 0 Å². The van der Waals surface area contributed by atoms with Gasteiger partial charge in [0.15, 0.2) is 23.0 Å². The number of Topliss-reactive ketones (excluding diaryl/α,β-unsaturated/α-hetero) is 1. The third-order valence-corrected chi connectivity index (χ3v) is 4.02. The molecule has 22 heavy (non-hydrogen) atoms. The molecule has 1 aromatic rings. The number of hydrogen-bond donors (Lipinski definition) is 2. The lowest BCUT2D eigenvalue weighted by atomic mass is 10.0. The Bertz CT molecular complexity index is 500. The van der Waals surface area contributed by atoms with Gasteiger partial charge >= 0.3 is 0 Å². The predicted octanol–water partition coefficient (Wildman–Crippen LogP) is 5.35. The first-order valence-electron chi connectivity index (χ1n) is 7.54. The van der Waals surface area contributed by atoms with Crippen LogP contribution in [-0.2, 0) is 0 Å². The van der Waals surface area contributed by atoms with Crippen LogP contribution in [0.5, 0.6) is 17.2 Å². The summed E-state index contributed by atoms with van der Waals surface area (Å²) < 4.78 is 5.41. The molecule has 1 rings (SSSR count). The molecule has 0 aliphatic rings. The van der Waals surface area contributed by atoms with E-state index in [1.165, 1.54) is 0 Å². The lowest BCUT2D eigenvalue weighted by Gasteiger charge is -2.15. The summed E-state index contributed by atoms with van der Waals surface area (Å²) in [5.74, 6) is -1.32. The number of carbonyl (C=O) groups excluding carboxylic acids is 1. The van der Waals surface area contributed by atoms with Crippen LogP contribution in [0, 0.1) is 0 Å². The molecule has 0 aromatic heterocycles. The number of halogens is 2. The molecule has 0 saturated carbocycles. The fourth-order valence-electron chi connectivity index (χ4n) is 2.01. The van der Waals surface area contributed by atoms with Crippen molar-refractivity contribution in [3.63, 3.8) is 0 Å². The van der Waals surface area contributed by atoms with E-state index in [9.17, 15) is 15.0 Å². The van der Waals surface area contributed by atoms with E-state index in [1.54, 1.807) is 0 Å². The Morgan fingerprint density at radius 1 is 1.00 bits per heavy atom. The average Bonchev–Trinajstić information content (AvgIpc) is 2.49. The van der Waals surface area contributed by atoms with Gasteiger partial charge in [-0.05, 0) is 12.8 Å². The molecule has 2 N–H and O–H groups in total. The van der Waals surface area contributed by atoms with E-state index < -0.39 is 11.5 Å². The number of unbranched alkanes of at least 4 members (excludes halogenated alkanes) is 3. The van der Waals surface area contributed by atoms with Gasteiger partial charge in [-0.1, -0.05) is 56.3 Å². The minimum Gasteiger partial charge on any atom is -0.505 e. The highest BCUT2D eigenvalue weighted by molar-refractivity contribution is 6.40. The molecule has 0 heterocycles. The number of hydrogen-bond acceptors (Lipinski definition) is 4. The van der Waals surface area contributed by atoms with Crippen LogP contribution in [0.15, 0.2) is 0 Å². The van der Waals surface area contributed by atoms with Crippen LogP contribution in [0.25, 0.3) is 0 Å². The van der Waals surface area contributed by atoms with Gasteiger partial charge in [0, 0.05) is 6.42 Å². The molecule has 0 atom stereocenters. The summed E-state index contributed by atoms with van der Waals surface area (Å²) in [6.45, 7) is 4.38. The molecule has 4 nitrogen and oxygen atoms in total. The van der Waals surface area contributed by atoms with Gasteiger partial charge in [0.2, 0.25) is 0 Å². The van der Waals surface area contributed by atoms with Crippen LogP contribution < -0.4 is 4.74 Å². The summed E-state index contributed by atoms with van der Waals surface area (Å²) in [5.41, 5.74) is -0.228. The van der Waals surface area contributed by atoms with E-state index in [-0.39, 0.29) is 33.6 Å². The Balaban J connectivity index is 3.08. The molecule has 124 valence electrons. The van der Waals surface area contributed by atoms with E-state index in [4.69, 9.17) is 27.9 Å². The maximum Gasteiger partial charge on any atom is 0.170 e. The van der Waals surface area contributed by atoms with Crippen molar-refractivity contribution in [3.8, 4) is 17.2 Å². The zero-order valence-corrected chi connectivity index (χ0v) is 14.4. The van der Waals surface area contributed by atoms with Crippen molar-refractivity contribution in [1.29, 1.82) is 0 Å². The summed E-state index contributed by atoms with van der Waals surface area (Å²) in [7, 11) is 0. The van der Waals surface area contributed by atoms with E-state index >= 15 is 0 Å². The van der Waals surface area contributed by atoms with Crippen molar-refractivity contribution in [2.45, 2.75) is 52.4 Å². The van der Waals surface area contributed by atoms with E-state index in [2.05, 4.69) is 0 Å². The molecule has 0 aliphatic heterocycles. The van der Waals surface area contributed by atoms with Crippen molar-refractivity contribution in [1.82, 2.24) is 0 Å². The Kier molecular flexibility index (Phi) is 7.83. The van der Waals surface area contributed by atoms with Gasteiger partial charge < -0.3 is 14.9 Å². The zero-order valence-electron chi connectivity index (χ0n) is 12.9. The second-order valence-corrected chi connectivity index (χ2v) is 5.87. The number of phenols is 2. The number of phenolic OH excluding ortho intramolecular Hbond substituents is 2. The van der Waals surface area contributed by atoms with Crippen molar-refractivity contribution < 1.29 is 19.7 Å². The molecule has 0 unspecified atom stereocenters. The molecule has 0 fully saturated rings. The number of carbonyl (C=O) groups is 1. The number of rotatable bonds is 9. The van der Waals surface area contributed by atoms with Crippen molar-refractivity contribution in [3.05, 3.63) is 15.6 Å². The summed E-state index contributed by atoms with van der Waals surface area (Å²) >= 11 is 12.1. The molecule has 0 aliphatic carbocycles. The summed E-state index contributed by atoms with van der Waals surface area (Å²) in [5, 5.41) is 19.9. The molecule has 0 saturated heterocycles. The Hall–Kier alpha value is -1.13. The quantitative estimate of drug-likeness (QED) is 0.466. The van der Waals surface area contributed by atoms with Crippen molar-refractivity contribution >= 4 is 29.0 Å². The van der Waals surface area contributed by atoms with Crippen molar-refractivity contribution in [2.75, 3.05) is 6.61 Å². The molecule has 0 amide bonds. The molecule has 0 bridgehead atoms. The minimum atomic E-state index is -0.475. The minimum absolute atomic E-state index is 0.0110. The first-order chi connectivity index (χ1) is 10.5. The van der Waals surface area contributed by atoms with Crippen molar-refractivity contribution in [2.24, 2.45) is 0 Å². The van der Waals surface area contributed by atoms with Gasteiger partial charge in [-0.3, -0.25) is 4.79 Å². The normalized spacial score (nSPS) is 10.7. The second kappa shape index (κ2) is 9.11. The van der Waals surface area contributed by atoms with E-state index in [0.717, 1.165) is 25.7 Å². The Morgan fingerprint density at radius 3 is 2.05 bits per heavy atom. The topological polar surface area (TPSA) is 66.8 Å². The van der Waals surface area contributed by atoms with Crippen LogP contribution in [0.1, 0.15) is 62.7 Å². The number of ketones is 1. The summed E-state index contributed by atoms with van der Waals surface area (Å²) in [6, 6.07) is 0. The monoisotopic (exact) mass is 348 g/mol. The summed E-state index contributed by atoms with van der Waals surface area (Å²) in [6.07, 6.45) is 4.47. The van der Waals surface area contributed by atoms with E-state index in [1.807, 2.05) is 13.8 Å². The molecular weight excluding hydrogens is 327 g/mol. The first-order valence-corrected chi connectivity index (χ1v) is 8.30. The van der Waals surface area contributed by atoms with Crippen LogP contribution in [0.2, 0.25) is 10.0 Å². The Morgan fingerprint density at radius 2 is 1.55 bits per heavy atom. The largest absolute Gasteiger partial charge is 0.505 e. The van der Waals surface area contributed by atoms with Gasteiger partial charge in [0.05, 0.1) is 6.61 Å². The standard InChI is InChI=1S/C16H22Cl2O4/c1-3-5-7-8-10(19)11-14(20)12(17)16(13(18)15(11)21)22-9-6-4-2/h20-21H,3-9H2,1-2H3. The molecule has 0 spiro atoms. The lowest BCUT2D eigenvalue weighted by molar-refractivity contribution is 0.0974. The van der Waals surface area contributed by atoms with Crippen LogP contribution >= 0.6 is 23.2 Å². The van der Waals surface area contributed by atoms with Crippen LogP contribution in [0.3, 0.4) is 0 Å². The smallest absolute Gasteiger partial charge is 0.170 e. The number of benzene rings is 1. The summed E-state index contributed by atoms with van der Waals surface area (Å²) in [4.78, 5) is 12.2. The molecule has 0 radical (unpaired) electrons. The van der Waals surface area contributed by atoms with Gasteiger partial charge in [0.25, 0.3) is 0 Å². The third kappa shape index (κ3) is 4.43. The number of aromatic hydroxyl groups is 2. The average molecular weight is 349 g/mol. The zero-order chi connectivity index (χ0) is 16.7. The van der Waals surface area contributed by atoms with Gasteiger partial charge in [-0.15, -0.1) is 0 Å². The SMILES string of the molecule is CCCCCC(=O)c1c(O)c(Cl)c(OCCCC)c(Cl)c1O. The fraction of sp³-hybridized carbons (Fsp3) is 0.562. The van der Waals surface area contributed by atoms with Gasteiger partial charge in [-0.2, -0.15) is 0 Å². The molecular formula is C16H22Cl2O4. The number of ether oxygens (including phenoxy) is 1. The molecule has 1 aromatic carbocycles. The first kappa shape index (κ1) is 18.9. The van der Waals surface area contributed by atoms with E-state index in [0.29, 0.717) is 13.0 Å².